The Morgan fingerprint density at radius 1 is 1.05 bits per heavy atom. The molecule has 0 radical (unpaired) electrons. The second-order valence-corrected chi connectivity index (χ2v) is 6.68. The fraction of sp³-hybridized carbons (Fsp3) is 0.647. The maximum Gasteiger partial charge on any atom is 0.0326 e. The van der Waals surface area contributed by atoms with E-state index in [9.17, 15) is 0 Å². The summed E-state index contributed by atoms with van der Waals surface area (Å²) < 4.78 is 0. The Balaban J connectivity index is 2.16. The van der Waals surface area contributed by atoms with Gasteiger partial charge in [0, 0.05) is 31.2 Å². The van der Waals surface area contributed by atoms with E-state index in [0.717, 1.165) is 19.6 Å². The highest BCUT2D eigenvalue weighted by atomic mass is 15.3. The van der Waals surface area contributed by atoms with E-state index in [1.807, 2.05) is 0 Å². The standard InChI is InChI=1S/C17H28N2/c1-13(2)15-6-8-16(9-7-15)14(3)19-11-10-18-12-17(19,4)5/h6-9,13-14,18H,10-12H2,1-5H3. The lowest BCUT2D eigenvalue weighted by atomic mass is 9.93. The third kappa shape index (κ3) is 3.18. The monoisotopic (exact) mass is 260 g/mol. The van der Waals surface area contributed by atoms with E-state index in [1.165, 1.54) is 11.1 Å². The molecular weight excluding hydrogens is 232 g/mol. The Morgan fingerprint density at radius 2 is 1.63 bits per heavy atom. The number of piperazine rings is 1. The lowest BCUT2D eigenvalue weighted by Crippen LogP contribution is -2.58. The number of nitrogens with zero attached hydrogens (tertiary/aromatic N) is 1. The number of hydrogen-bond donors (Lipinski definition) is 1. The zero-order valence-electron chi connectivity index (χ0n) is 13.0. The number of nitrogens with one attached hydrogen (secondary N) is 1. The molecule has 1 aliphatic rings. The lowest BCUT2D eigenvalue weighted by Gasteiger charge is -2.46. The molecule has 0 aliphatic carbocycles. The van der Waals surface area contributed by atoms with Crippen molar-refractivity contribution in [2.45, 2.75) is 52.1 Å². The maximum atomic E-state index is 3.49. The molecule has 1 saturated heterocycles. The van der Waals surface area contributed by atoms with Gasteiger partial charge in [0.2, 0.25) is 0 Å². The molecule has 1 N–H and O–H groups in total. The van der Waals surface area contributed by atoms with Crippen molar-refractivity contribution < 1.29 is 0 Å². The molecule has 1 aromatic rings. The smallest absolute Gasteiger partial charge is 0.0326 e. The van der Waals surface area contributed by atoms with Crippen LogP contribution in [0.3, 0.4) is 0 Å². The minimum absolute atomic E-state index is 0.231. The SMILES string of the molecule is CC(C)c1ccc(C(C)N2CCNCC2(C)C)cc1. The largest absolute Gasteiger partial charge is 0.314 e. The number of hydrogen-bond acceptors (Lipinski definition) is 2. The normalized spacial score (nSPS) is 21.6. The second-order valence-electron chi connectivity index (χ2n) is 6.68. The van der Waals surface area contributed by atoms with Crippen LogP contribution in [0, 0.1) is 0 Å². The zero-order valence-corrected chi connectivity index (χ0v) is 13.0. The molecular formula is C17H28N2. The average Bonchev–Trinajstić information content (AvgIpc) is 2.37. The van der Waals surface area contributed by atoms with Crippen LogP contribution in [0.5, 0.6) is 0 Å². The second kappa shape index (κ2) is 5.64. The van der Waals surface area contributed by atoms with Crippen molar-refractivity contribution in [2.24, 2.45) is 0 Å². The Kier molecular flexibility index (Phi) is 4.32. The zero-order chi connectivity index (χ0) is 14.0. The van der Waals surface area contributed by atoms with Crippen molar-refractivity contribution in [3.8, 4) is 0 Å². The molecule has 0 saturated carbocycles. The van der Waals surface area contributed by atoms with Crippen molar-refractivity contribution in [3.63, 3.8) is 0 Å². The minimum Gasteiger partial charge on any atom is -0.314 e. The summed E-state index contributed by atoms with van der Waals surface area (Å²) in [5, 5.41) is 3.49. The molecule has 2 heteroatoms. The molecule has 1 aliphatic heterocycles. The molecule has 1 fully saturated rings. The molecule has 106 valence electrons. The third-order valence-electron chi connectivity index (χ3n) is 4.42. The summed E-state index contributed by atoms with van der Waals surface area (Å²) >= 11 is 0. The van der Waals surface area contributed by atoms with E-state index >= 15 is 0 Å². The Labute approximate surface area is 118 Å². The summed E-state index contributed by atoms with van der Waals surface area (Å²) in [6.07, 6.45) is 0. The summed E-state index contributed by atoms with van der Waals surface area (Å²) in [6.45, 7) is 14.8. The van der Waals surface area contributed by atoms with E-state index in [1.54, 1.807) is 0 Å². The molecule has 2 rings (SSSR count). The number of rotatable bonds is 3. The molecule has 0 amide bonds. The molecule has 1 heterocycles. The van der Waals surface area contributed by atoms with Gasteiger partial charge in [-0.05, 0) is 37.8 Å². The summed E-state index contributed by atoms with van der Waals surface area (Å²) in [6, 6.07) is 9.66. The van der Waals surface area contributed by atoms with E-state index in [0.29, 0.717) is 12.0 Å². The topological polar surface area (TPSA) is 15.3 Å². The first-order valence-corrected chi connectivity index (χ1v) is 7.49. The van der Waals surface area contributed by atoms with Gasteiger partial charge in [-0.15, -0.1) is 0 Å². The van der Waals surface area contributed by atoms with Gasteiger partial charge in [-0.2, -0.15) is 0 Å². The molecule has 1 atom stereocenters. The van der Waals surface area contributed by atoms with Crippen molar-refractivity contribution in [1.29, 1.82) is 0 Å². The predicted octanol–water partition coefficient (Wildman–Crippen LogP) is 3.55. The van der Waals surface area contributed by atoms with Crippen molar-refractivity contribution >= 4 is 0 Å². The molecule has 1 unspecified atom stereocenters. The quantitative estimate of drug-likeness (QED) is 0.894. The van der Waals surface area contributed by atoms with E-state index < -0.39 is 0 Å². The van der Waals surface area contributed by atoms with Crippen LogP contribution in [0.15, 0.2) is 24.3 Å². The van der Waals surface area contributed by atoms with Crippen molar-refractivity contribution in [1.82, 2.24) is 10.2 Å². The maximum absolute atomic E-state index is 3.49. The summed E-state index contributed by atoms with van der Waals surface area (Å²) in [5.41, 5.74) is 3.09. The van der Waals surface area contributed by atoms with Crippen LogP contribution in [0.1, 0.15) is 57.7 Å². The molecule has 0 bridgehead atoms. The molecule has 1 aromatic carbocycles. The summed E-state index contributed by atoms with van der Waals surface area (Å²) in [7, 11) is 0. The van der Waals surface area contributed by atoms with Crippen LogP contribution in [0.2, 0.25) is 0 Å². The first-order chi connectivity index (χ1) is 8.92. The first kappa shape index (κ1) is 14.5. The fourth-order valence-corrected chi connectivity index (χ4v) is 3.06. The lowest BCUT2D eigenvalue weighted by molar-refractivity contribution is 0.0516. The van der Waals surface area contributed by atoms with Crippen molar-refractivity contribution in [2.75, 3.05) is 19.6 Å². The first-order valence-electron chi connectivity index (χ1n) is 7.49. The van der Waals surface area contributed by atoms with Crippen LogP contribution in [-0.2, 0) is 0 Å². The molecule has 2 nitrogen and oxygen atoms in total. The highest BCUT2D eigenvalue weighted by Crippen LogP contribution is 2.29. The van der Waals surface area contributed by atoms with E-state index in [-0.39, 0.29) is 5.54 Å². The Bertz CT molecular complexity index is 406. The third-order valence-corrected chi connectivity index (χ3v) is 4.42. The number of benzene rings is 1. The van der Waals surface area contributed by atoms with Crippen LogP contribution in [0.4, 0.5) is 0 Å². The van der Waals surface area contributed by atoms with Crippen LogP contribution >= 0.6 is 0 Å². The Morgan fingerprint density at radius 3 is 2.16 bits per heavy atom. The van der Waals surface area contributed by atoms with Crippen LogP contribution < -0.4 is 5.32 Å². The highest BCUT2D eigenvalue weighted by molar-refractivity contribution is 5.27. The summed E-state index contributed by atoms with van der Waals surface area (Å²) in [4.78, 5) is 2.62. The van der Waals surface area contributed by atoms with Crippen LogP contribution in [-0.4, -0.2) is 30.1 Å². The highest BCUT2D eigenvalue weighted by Gasteiger charge is 2.33. The van der Waals surface area contributed by atoms with Gasteiger partial charge in [-0.1, -0.05) is 38.1 Å². The van der Waals surface area contributed by atoms with E-state index in [2.05, 4.69) is 69.1 Å². The van der Waals surface area contributed by atoms with Crippen molar-refractivity contribution in [3.05, 3.63) is 35.4 Å². The van der Waals surface area contributed by atoms with Gasteiger partial charge in [-0.3, -0.25) is 4.90 Å². The Hall–Kier alpha value is -0.860. The van der Waals surface area contributed by atoms with E-state index in [4.69, 9.17) is 0 Å². The minimum atomic E-state index is 0.231. The van der Waals surface area contributed by atoms with Gasteiger partial charge in [0.1, 0.15) is 0 Å². The molecule has 19 heavy (non-hydrogen) atoms. The van der Waals surface area contributed by atoms with Gasteiger partial charge in [-0.25, -0.2) is 0 Å². The van der Waals surface area contributed by atoms with Gasteiger partial charge in [0.25, 0.3) is 0 Å². The van der Waals surface area contributed by atoms with Gasteiger partial charge in [0.05, 0.1) is 0 Å². The molecule has 0 aromatic heterocycles. The fourth-order valence-electron chi connectivity index (χ4n) is 3.06. The van der Waals surface area contributed by atoms with Crippen LogP contribution in [0.25, 0.3) is 0 Å². The van der Waals surface area contributed by atoms with Gasteiger partial charge in [0.15, 0.2) is 0 Å². The van der Waals surface area contributed by atoms with Gasteiger partial charge >= 0.3 is 0 Å². The molecule has 0 spiro atoms. The van der Waals surface area contributed by atoms with Gasteiger partial charge < -0.3 is 5.32 Å². The predicted molar refractivity (Wildman–Crippen MR) is 82.6 cm³/mol. The average molecular weight is 260 g/mol. The summed E-state index contributed by atoms with van der Waals surface area (Å²) in [5.74, 6) is 0.611.